The molecular weight excluding hydrogens is 332 g/mol. The molecule has 0 bridgehead atoms. The van der Waals surface area contributed by atoms with Crippen LogP contribution >= 0.6 is 0 Å². The summed E-state index contributed by atoms with van der Waals surface area (Å²) in [6.45, 7) is 6.15. The molecule has 1 amide bonds. The van der Waals surface area contributed by atoms with Crippen molar-refractivity contribution < 1.29 is 19.2 Å². The van der Waals surface area contributed by atoms with Crippen LogP contribution in [-0.2, 0) is 16.9 Å². The Hall–Kier alpha value is -2.34. The normalized spacial score (nSPS) is 20.8. The standard InChI is InChI=1S/C20H26N2O4/c1-14-9-10-16(17-11-18(26-21-17)20(2,3)24)12-22(14)19(23)25-13-15-7-5-4-6-8-15/h4-8,11,14,16,24H,9-10,12-13H2,1-3H3/t14-,16-/m1/s1. The van der Waals surface area contributed by atoms with E-state index in [0.29, 0.717) is 12.3 Å². The number of likely N-dealkylation sites (tertiary alicyclic amines) is 1. The van der Waals surface area contributed by atoms with Gasteiger partial charge in [-0.2, -0.15) is 0 Å². The van der Waals surface area contributed by atoms with E-state index in [4.69, 9.17) is 9.26 Å². The minimum Gasteiger partial charge on any atom is -0.445 e. The molecular formula is C20H26N2O4. The largest absolute Gasteiger partial charge is 0.445 e. The molecule has 140 valence electrons. The molecule has 0 radical (unpaired) electrons. The first kappa shape index (κ1) is 18.5. The first-order valence-electron chi connectivity index (χ1n) is 9.01. The summed E-state index contributed by atoms with van der Waals surface area (Å²) >= 11 is 0. The van der Waals surface area contributed by atoms with Gasteiger partial charge in [0.2, 0.25) is 0 Å². The van der Waals surface area contributed by atoms with E-state index in [1.165, 1.54) is 0 Å². The summed E-state index contributed by atoms with van der Waals surface area (Å²) < 4.78 is 10.8. The lowest BCUT2D eigenvalue weighted by Gasteiger charge is -2.36. The van der Waals surface area contributed by atoms with Crippen LogP contribution in [0.2, 0.25) is 0 Å². The molecule has 0 spiro atoms. The van der Waals surface area contributed by atoms with Crippen LogP contribution in [0.15, 0.2) is 40.9 Å². The summed E-state index contributed by atoms with van der Waals surface area (Å²) in [5.41, 5.74) is 0.671. The number of piperidine rings is 1. The summed E-state index contributed by atoms with van der Waals surface area (Å²) in [4.78, 5) is 14.3. The Morgan fingerprint density at radius 1 is 1.35 bits per heavy atom. The summed E-state index contributed by atoms with van der Waals surface area (Å²) in [6.07, 6.45) is 1.48. The average molecular weight is 358 g/mol. The molecule has 1 aliphatic heterocycles. The second kappa shape index (κ2) is 7.50. The predicted molar refractivity (Wildman–Crippen MR) is 96.5 cm³/mol. The van der Waals surface area contributed by atoms with E-state index in [1.807, 2.05) is 37.3 Å². The van der Waals surface area contributed by atoms with Gasteiger partial charge >= 0.3 is 6.09 Å². The van der Waals surface area contributed by atoms with E-state index >= 15 is 0 Å². The van der Waals surface area contributed by atoms with Gasteiger partial charge in [0, 0.05) is 24.6 Å². The minimum atomic E-state index is -1.07. The predicted octanol–water partition coefficient (Wildman–Crippen LogP) is 3.81. The lowest BCUT2D eigenvalue weighted by molar-refractivity contribution is 0.0473. The van der Waals surface area contributed by atoms with E-state index in [2.05, 4.69) is 5.16 Å². The van der Waals surface area contributed by atoms with Gasteiger partial charge in [0.1, 0.15) is 12.2 Å². The summed E-state index contributed by atoms with van der Waals surface area (Å²) in [5.74, 6) is 0.514. The number of aromatic nitrogens is 1. The number of nitrogens with zero attached hydrogens (tertiary/aromatic N) is 2. The van der Waals surface area contributed by atoms with Crippen LogP contribution in [0, 0.1) is 0 Å². The summed E-state index contributed by atoms with van der Waals surface area (Å²) in [5, 5.41) is 14.1. The minimum absolute atomic E-state index is 0.0790. The molecule has 1 saturated heterocycles. The van der Waals surface area contributed by atoms with Crippen LogP contribution in [0.4, 0.5) is 4.79 Å². The highest BCUT2D eigenvalue weighted by molar-refractivity contribution is 5.68. The molecule has 6 heteroatoms. The number of hydrogen-bond acceptors (Lipinski definition) is 5. The number of rotatable bonds is 4. The molecule has 2 aromatic rings. The number of ether oxygens (including phenoxy) is 1. The zero-order valence-electron chi connectivity index (χ0n) is 15.5. The van der Waals surface area contributed by atoms with Crippen LogP contribution in [0.3, 0.4) is 0 Å². The van der Waals surface area contributed by atoms with E-state index in [0.717, 1.165) is 24.1 Å². The van der Waals surface area contributed by atoms with Crippen LogP contribution in [-0.4, -0.2) is 33.8 Å². The van der Waals surface area contributed by atoms with Crippen LogP contribution in [0.5, 0.6) is 0 Å². The molecule has 3 rings (SSSR count). The lowest BCUT2D eigenvalue weighted by atomic mass is 9.90. The van der Waals surface area contributed by atoms with Crippen molar-refractivity contribution in [3.63, 3.8) is 0 Å². The maximum absolute atomic E-state index is 12.5. The highest BCUT2D eigenvalue weighted by Gasteiger charge is 2.33. The summed E-state index contributed by atoms with van der Waals surface area (Å²) in [7, 11) is 0. The zero-order chi connectivity index (χ0) is 18.7. The highest BCUT2D eigenvalue weighted by atomic mass is 16.6. The van der Waals surface area contributed by atoms with E-state index in [-0.39, 0.29) is 24.7 Å². The second-order valence-electron chi connectivity index (χ2n) is 7.49. The average Bonchev–Trinajstić information content (AvgIpc) is 3.11. The molecule has 0 saturated carbocycles. The van der Waals surface area contributed by atoms with Crippen molar-refractivity contribution in [1.82, 2.24) is 10.1 Å². The third-order valence-electron chi connectivity index (χ3n) is 4.87. The van der Waals surface area contributed by atoms with Crippen molar-refractivity contribution in [1.29, 1.82) is 0 Å². The van der Waals surface area contributed by atoms with Gasteiger partial charge in [-0.15, -0.1) is 0 Å². The first-order chi connectivity index (χ1) is 12.3. The Morgan fingerprint density at radius 3 is 2.73 bits per heavy atom. The molecule has 0 unspecified atom stereocenters. The Bertz CT molecular complexity index is 736. The van der Waals surface area contributed by atoms with Crippen molar-refractivity contribution in [2.75, 3.05) is 6.54 Å². The van der Waals surface area contributed by atoms with Crippen LogP contribution in [0.1, 0.15) is 56.5 Å². The molecule has 1 aliphatic rings. The van der Waals surface area contributed by atoms with Crippen molar-refractivity contribution in [2.24, 2.45) is 0 Å². The number of aliphatic hydroxyl groups is 1. The zero-order valence-corrected chi connectivity index (χ0v) is 15.5. The van der Waals surface area contributed by atoms with Gasteiger partial charge in [-0.1, -0.05) is 35.5 Å². The molecule has 0 aliphatic carbocycles. The van der Waals surface area contributed by atoms with E-state index < -0.39 is 5.60 Å². The smallest absolute Gasteiger partial charge is 0.410 e. The maximum atomic E-state index is 12.5. The fraction of sp³-hybridized carbons (Fsp3) is 0.500. The Labute approximate surface area is 153 Å². The number of benzene rings is 1. The monoisotopic (exact) mass is 358 g/mol. The fourth-order valence-corrected chi connectivity index (χ4v) is 3.17. The lowest BCUT2D eigenvalue weighted by Crippen LogP contribution is -2.45. The van der Waals surface area contributed by atoms with Crippen LogP contribution < -0.4 is 0 Å². The van der Waals surface area contributed by atoms with Gasteiger partial charge < -0.3 is 19.3 Å². The molecule has 1 aromatic heterocycles. The third-order valence-corrected chi connectivity index (χ3v) is 4.87. The Morgan fingerprint density at radius 2 is 2.08 bits per heavy atom. The van der Waals surface area contributed by atoms with Crippen molar-refractivity contribution in [3.05, 3.63) is 53.4 Å². The van der Waals surface area contributed by atoms with Crippen molar-refractivity contribution >= 4 is 6.09 Å². The Kier molecular flexibility index (Phi) is 5.32. The van der Waals surface area contributed by atoms with E-state index in [1.54, 1.807) is 24.8 Å². The molecule has 2 heterocycles. The van der Waals surface area contributed by atoms with Crippen LogP contribution in [0.25, 0.3) is 0 Å². The Balaban J connectivity index is 1.64. The third kappa shape index (κ3) is 4.25. The molecule has 1 N–H and O–H groups in total. The van der Waals surface area contributed by atoms with E-state index in [9.17, 15) is 9.90 Å². The second-order valence-corrected chi connectivity index (χ2v) is 7.49. The van der Waals surface area contributed by atoms with Gasteiger partial charge in [-0.25, -0.2) is 4.79 Å². The maximum Gasteiger partial charge on any atom is 0.410 e. The molecule has 26 heavy (non-hydrogen) atoms. The topological polar surface area (TPSA) is 75.8 Å². The molecule has 1 aromatic carbocycles. The first-order valence-corrected chi connectivity index (χ1v) is 9.01. The summed E-state index contributed by atoms with van der Waals surface area (Å²) in [6, 6.07) is 11.6. The van der Waals surface area contributed by atoms with Crippen molar-refractivity contribution in [2.45, 2.75) is 57.8 Å². The highest BCUT2D eigenvalue weighted by Crippen LogP contribution is 2.32. The molecule has 1 fully saturated rings. The fourth-order valence-electron chi connectivity index (χ4n) is 3.17. The van der Waals surface area contributed by atoms with Gasteiger partial charge in [0.15, 0.2) is 5.76 Å². The number of amides is 1. The van der Waals surface area contributed by atoms with Crippen molar-refractivity contribution in [3.8, 4) is 0 Å². The van der Waals surface area contributed by atoms with Gasteiger partial charge in [0.05, 0.1) is 5.69 Å². The number of carbonyl (C=O) groups excluding carboxylic acids is 1. The van der Waals surface area contributed by atoms with Gasteiger partial charge in [-0.3, -0.25) is 0 Å². The SMILES string of the molecule is C[C@@H]1CC[C@@H](c2cc(C(C)(C)O)on2)CN1C(=O)OCc1ccccc1. The number of carbonyl (C=O) groups is 1. The number of hydrogen-bond donors (Lipinski definition) is 1. The van der Waals surface area contributed by atoms with Gasteiger partial charge in [0.25, 0.3) is 0 Å². The molecule has 2 atom stereocenters. The quantitative estimate of drug-likeness (QED) is 0.899. The molecule has 6 nitrogen and oxygen atoms in total. The van der Waals surface area contributed by atoms with Gasteiger partial charge in [-0.05, 0) is 39.2 Å².